The van der Waals surface area contributed by atoms with Gasteiger partial charge >= 0.3 is 0 Å². The number of carbonyl (C=O) groups excluding carboxylic acids is 1. The van der Waals surface area contributed by atoms with E-state index < -0.39 is 0 Å². The SMILES string of the molecule is O=C1CC(C2CCOCC2)C(c2ccccc2)N1. The molecule has 1 aromatic rings. The Hall–Kier alpha value is -1.35. The molecule has 1 aromatic carbocycles. The quantitative estimate of drug-likeness (QED) is 0.868. The Morgan fingerprint density at radius 2 is 1.83 bits per heavy atom. The van der Waals surface area contributed by atoms with Gasteiger partial charge in [0.25, 0.3) is 0 Å². The molecule has 0 spiro atoms. The number of hydrogen-bond acceptors (Lipinski definition) is 2. The van der Waals surface area contributed by atoms with Crippen molar-refractivity contribution in [1.82, 2.24) is 5.32 Å². The summed E-state index contributed by atoms with van der Waals surface area (Å²) < 4.78 is 5.42. The van der Waals surface area contributed by atoms with Crippen LogP contribution in [0.2, 0.25) is 0 Å². The van der Waals surface area contributed by atoms with Crippen molar-refractivity contribution < 1.29 is 9.53 Å². The first-order chi connectivity index (χ1) is 8.84. The number of amides is 1. The molecule has 1 amide bonds. The van der Waals surface area contributed by atoms with Crippen LogP contribution in [0.4, 0.5) is 0 Å². The maximum atomic E-state index is 11.7. The van der Waals surface area contributed by atoms with Gasteiger partial charge in [0, 0.05) is 19.6 Å². The Morgan fingerprint density at radius 3 is 2.56 bits per heavy atom. The van der Waals surface area contributed by atoms with E-state index in [2.05, 4.69) is 17.4 Å². The highest BCUT2D eigenvalue weighted by Gasteiger charge is 2.38. The second-order valence-corrected chi connectivity index (χ2v) is 5.27. The van der Waals surface area contributed by atoms with E-state index in [0.29, 0.717) is 18.3 Å². The molecule has 0 aromatic heterocycles. The molecule has 0 aliphatic carbocycles. The summed E-state index contributed by atoms with van der Waals surface area (Å²) in [6.07, 6.45) is 2.84. The first-order valence-electron chi connectivity index (χ1n) is 6.76. The molecule has 1 N–H and O–H groups in total. The van der Waals surface area contributed by atoms with Gasteiger partial charge in [-0.25, -0.2) is 0 Å². The molecule has 2 aliphatic rings. The first kappa shape index (κ1) is 11.7. The minimum Gasteiger partial charge on any atom is -0.381 e. The van der Waals surface area contributed by atoms with E-state index in [-0.39, 0.29) is 11.9 Å². The number of hydrogen-bond donors (Lipinski definition) is 1. The van der Waals surface area contributed by atoms with E-state index in [1.54, 1.807) is 0 Å². The molecule has 0 radical (unpaired) electrons. The van der Waals surface area contributed by atoms with Crippen LogP contribution in [0.1, 0.15) is 30.9 Å². The van der Waals surface area contributed by atoms with Gasteiger partial charge in [-0.2, -0.15) is 0 Å². The topological polar surface area (TPSA) is 38.3 Å². The van der Waals surface area contributed by atoms with E-state index in [1.165, 1.54) is 5.56 Å². The van der Waals surface area contributed by atoms with Gasteiger partial charge in [-0.3, -0.25) is 4.79 Å². The fourth-order valence-corrected chi connectivity index (χ4v) is 3.25. The van der Waals surface area contributed by atoms with E-state index in [9.17, 15) is 4.79 Å². The van der Waals surface area contributed by atoms with Crippen LogP contribution < -0.4 is 5.32 Å². The summed E-state index contributed by atoms with van der Waals surface area (Å²) >= 11 is 0. The van der Waals surface area contributed by atoms with Gasteiger partial charge in [-0.1, -0.05) is 30.3 Å². The fourth-order valence-electron chi connectivity index (χ4n) is 3.25. The molecular weight excluding hydrogens is 226 g/mol. The summed E-state index contributed by atoms with van der Waals surface area (Å²) in [6, 6.07) is 10.5. The van der Waals surface area contributed by atoms with Gasteiger partial charge in [-0.15, -0.1) is 0 Å². The van der Waals surface area contributed by atoms with Crippen molar-refractivity contribution in [2.45, 2.75) is 25.3 Å². The maximum absolute atomic E-state index is 11.7. The summed E-state index contributed by atoms with van der Waals surface area (Å²) in [5.74, 6) is 1.24. The first-order valence-corrected chi connectivity index (χ1v) is 6.76. The van der Waals surface area contributed by atoms with Crippen LogP contribution in [0.5, 0.6) is 0 Å². The lowest BCUT2D eigenvalue weighted by Gasteiger charge is -2.30. The Bertz CT molecular complexity index is 412. The number of carbonyl (C=O) groups is 1. The van der Waals surface area contributed by atoms with Crippen molar-refractivity contribution in [3.63, 3.8) is 0 Å². The summed E-state index contributed by atoms with van der Waals surface area (Å²) in [7, 11) is 0. The average Bonchev–Trinajstić information content (AvgIpc) is 2.83. The molecule has 0 saturated carbocycles. The van der Waals surface area contributed by atoms with Crippen molar-refractivity contribution >= 4 is 5.91 Å². The van der Waals surface area contributed by atoms with Gasteiger partial charge < -0.3 is 10.1 Å². The molecule has 2 fully saturated rings. The van der Waals surface area contributed by atoms with Crippen molar-refractivity contribution in [2.75, 3.05) is 13.2 Å². The summed E-state index contributed by atoms with van der Waals surface area (Å²) in [6.45, 7) is 1.69. The van der Waals surface area contributed by atoms with Crippen LogP contribution in [-0.4, -0.2) is 19.1 Å². The zero-order valence-corrected chi connectivity index (χ0v) is 10.5. The third kappa shape index (κ3) is 2.27. The molecule has 2 aliphatic heterocycles. The minimum atomic E-state index is 0.195. The third-order valence-electron chi connectivity index (χ3n) is 4.20. The van der Waals surface area contributed by atoms with Crippen LogP contribution in [0, 0.1) is 11.8 Å². The second kappa shape index (κ2) is 5.11. The highest BCUT2D eigenvalue weighted by molar-refractivity contribution is 5.79. The zero-order chi connectivity index (χ0) is 12.4. The van der Waals surface area contributed by atoms with Gasteiger partial charge in [0.1, 0.15) is 0 Å². The lowest BCUT2D eigenvalue weighted by atomic mass is 9.79. The highest BCUT2D eigenvalue weighted by Crippen LogP contribution is 2.39. The molecule has 0 bridgehead atoms. The summed E-state index contributed by atoms with van der Waals surface area (Å²) in [5, 5.41) is 3.14. The van der Waals surface area contributed by atoms with E-state index >= 15 is 0 Å². The smallest absolute Gasteiger partial charge is 0.220 e. The maximum Gasteiger partial charge on any atom is 0.220 e. The third-order valence-corrected chi connectivity index (χ3v) is 4.20. The number of benzene rings is 1. The van der Waals surface area contributed by atoms with Gasteiger partial charge in [-0.05, 0) is 30.2 Å². The monoisotopic (exact) mass is 245 g/mol. The van der Waals surface area contributed by atoms with Crippen LogP contribution in [0.3, 0.4) is 0 Å². The molecule has 96 valence electrons. The van der Waals surface area contributed by atoms with E-state index in [4.69, 9.17) is 4.74 Å². The van der Waals surface area contributed by atoms with Gasteiger partial charge in [0.05, 0.1) is 6.04 Å². The predicted molar refractivity (Wildman–Crippen MR) is 69.0 cm³/mol. The van der Waals surface area contributed by atoms with Crippen molar-refractivity contribution in [3.8, 4) is 0 Å². The lowest BCUT2D eigenvalue weighted by Crippen LogP contribution is -2.28. The largest absolute Gasteiger partial charge is 0.381 e. The number of ether oxygens (including phenoxy) is 1. The van der Waals surface area contributed by atoms with Crippen LogP contribution >= 0.6 is 0 Å². The van der Waals surface area contributed by atoms with E-state index in [1.807, 2.05) is 18.2 Å². The molecule has 3 rings (SSSR count). The lowest BCUT2D eigenvalue weighted by molar-refractivity contribution is -0.119. The van der Waals surface area contributed by atoms with Crippen LogP contribution in [0.25, 0.3) is 0 Å². The van der Waals surface area contributed by atoms with Gasteiger partial charge in [0.2, 0.25) is 5.91 Å². The Morgan fingerprint density at radius 1 is 1.11 bits per heavy atom. The standard InChI is InChI=1S/C15H19NO2/c17-14-10-13(11-6-8-18-9-7-11)15(16-14)12-4-2-1-3-5-12/h1-5,11,13,15H,6-10H2,(H,16,17). The number of rotatable bonds is 2. The molecule has 18 heavy (non-hydrogen) atoms. The predicted octanol–water partition coefficient (Wildman–Crippen LogP) is 2.29. The van der Waals surface area contributed by atoms with Gasteiger partial charge in [0.15, 0.2) is 0 Å². The second-order valence-electron chi connectivity index (χ2n) is 5.27. The molecule has 2 unspecified atom stereocenters. The van der Waals surface area contributed by atoms with Crippen molar-refractivity contribution in [1.29, 1.82) is 0 Å². The molecule has 2 atom stereocenters. The zero-order valence-electron chi connectivity index (χ0n) is 10.5. The normalized spacial score (nSPS) is 29.2. The molecule has 3 heteroatoms. The highest BCUT2D eigenvalue weighted by atomic mass is 16.5. The fraction of sp³-hybridized carbons (Fsp3) is 0.533. The molecule has 2 heterocycles. The van der Waals surface area contributed by atoms with E-state index in [0.717, 1.165) is 26.1 Å². The Kier molecular flexibility index (Phi) is 3.33. The molecule has 2 saturated heterocycles. The number of nitrogens with one attached hydrogen (secondary N) is 1. The Balaban J connectivity index is 1.81. The van der Waals surface area contributed by atoms with Crippen LogP contribution in [-0.2, 0) is 9.53 Å². The molecule has 3 nitrogen and oxygen atoms in total. The summed E-state index contributed by atoms with van der Waals surface area (Å²) in [5.41, 5.74) is 1.24. The Labute approximate surface area is 108 Å². The molecular formula is C15H19NO2. The minimum absolute atomic E-state index is 0.195. The average molecular weight is 245 g/mol. The van der Waals surface area contributed by atoms with Crippen molar-refractivity contribution in [2.24, 2.45) is 11.8 Å². The van der Waals surface area contributed by atoms with Crippen molar-refractivity contribution in [3.05, 3.63) is 35.9 Å². The summed E-state index contributed by atoms with van der Waals surface area (Å²) in [4.78, 5) is 11.7. The van der Waals surface area contributed by atoms with Crippen LogP contribution in [0.15, 0.2) is 30.3 Å².